The molecule has 0 unspecified atom stereocenters. The predicted octanol–water partition coefficient (Wildman–Crippen LogP) is 3.07. The molecular formula is C19H17NO5S. The Morgan fingerprint density at radius 1 is 1.04 bits per heavy atom. The molecule has 0 radical (unpaired) electrons. The number of fused-ring (bicyclic) bond motifs is 1. The van der Waals surface area contributed by atoms with Crippen LogP contribution in [0, 0.1) is 0 Å². The second-order valence-corrected chi connectivity index (χ2v) is 7.28. The second kappa shape index (κ2) is 7.05. The zero-order valence-corrected chi connectivity index (χ0v) is 15.1. The molecule has 3 rings (SSSR count). The lowest BCUT2D eigenvalue weighted by Crippen LogP contribution is -2.11. The van der Waals surface area contributed by atoms with E-state index in [2.05, 4.69) is 4.74 Å². The Balaban J connectivity index is 2.00. The molecule has 0 fully saturated rings. The molecule has 134 valence electrons. The van der Waals surface area contributed by atoms with Crippen molar-refractivity contribution in [2.45, 2.75) is 4.90 Å². The molecule has 0 saturated carbocycles. The fraction of sp³-hybridized carbons (Fsp3) is 0.105. The third-order valence-corrected chi connectivity index (χ3v) is 5.61. The molecule has 0 atom stereocenters. The van der Waals surface area contributed by atoms with E-state index < -0.39 is 16.0 Å². The molecule has 0 amide bonds. The van der Waals surface area contributed by atoms with E-state index in [1.54, 1.807) is 42.5 Å². The van der Waals surface area contributed by atoms with Gasteiger partial charge < -0.3 is 9.47 Å². The lowest BCUT2D eigenvalue weighted by atomic mass is 10.1. The maximum Gasteiger partial charge on any atom is 0.330 e. The zero-order chi connectivity index (χ0) is 18.7. The van der Waals surface area contributed by atoms with Crippen molar-refractivity contribution < 1.29 is 22.7 Å². The molecule has 0 bridgehead atoms. The van der Waals surface area contributed by atoms with Crippen LogP contribution >= 0.6 is 0 Å². The molecule has 26 heavy (non-hydrogen) atoms. The standard InChI is InChI=1S/C19H17NO5S/c1-24-16-5-7-17(8-6-16)26(22,23)20-12-11-15-13-14(3-9-18(15)20)4-10-19(21)25-2/h3-13H,1-2H3/b10-4+. The van der Waals surface area contributed by atoms with Gasteiger partial charge in [0.05, 0.1) is 24.6 Å². The normalized spacial score (nSPS) is 11.8. The summed E-state index contributed by atoms with van der Waals surface area (Å²) in [5.74, 6) is 0.132. The lowest BCUT2D eigenvalue weighted by Gasteiger charge is -2.08. The summed E-state index contributed by atoms with van der Waals surface area (Å²) in [7, 11) is -0.892. The summed E-state index contributed by atoms with van der Waals surface area (Å²) in [6.45, 7) is 0. The average Bonchev–Trinajstić information content (AvgIpc) is 3.10. The van der Waals surface area contributed by atoms with Gasteiger partial charge in [0, 0.05) is 17.7 Å². The van der Waals surface area contributed by atoms with E-state index in [1.807, 2.05) is 0 Å². The summed E-state index contributed by atoms with van der Waals surface area (Å²) >= 11 is 0. The van der Waals surface area contributed by atoms with Crippen LogP contribution in [0.15, 0.2) is 65.7 Å². The van der Waals surface area contributed by atoms with Gasteiger partial charge in [-0.05, 0) is 54.1 Å². The Bertz CT molecular complexity index is 1080. The van der Waals surface area contributed by atoms with Crippen molar-refractivity contribution >= 4 is 33.0 Å². The van der Waals surface area contributed by atoms with E-state index in [-0.39, 0.29) is 4.90 Å². The van der Waals surface area contributed by atoms with Gasteiger partial charge in [-0.3, -0.25) is 0 Å². The predicted molar refractivity (Wildman–Crippen MR) is 98.6 cm³/mol. The number of benzene rings is 2. The Hall–Kier alpha value is -3.06. The number of methoxy groups -OCH3 is 2. The second-order valence-electron chi connectivity index (χ2n) is 5.47. The molecule has 2 aromatic carbocycles. The Morgan fingerprint density at radius 2 is 1.77 bits per heavy atom. The van der Waals surface area contributed by atoms with E-state index in [0.29, 0.717) is 11.3 Å². The van der Waals surface area contributed by atoms with Crippen LogP contribution in [0.5, 0.6) is 5.75 Å². The molecule has 3 aromatic rings. The number of aromatic nitrogens is 1. The van der Waals surface area contributed by atoms with E-state index >= 15 is 0 Å². The third kappa shape index (κ3) is 3.34. The van der Waals surface area contributed by atoms with Crippen molar-refractivity contribution in [1.29, 1.82) is 0 Å². The van der Waals surface area contributed by atoms with Gasteiger partial charge >= 0.3 is 5.97 Å². The fourth-order valence-electron chi connectivity index (χ4n) is 2.54. The van der Waals surface area contributed by atoms with Crippen molar-refractivity contribution in [2.75, 3.05) is 14.2 Å². The highest BCUT2D eigenvalue weighted by Crippen LogP contribution is 2.24. The molecule has 0 aliphatic heterocycles. The number of carbonyl (C=O) groups excluding carboxylic acids is 1. The van der Waals surface area contributed by atoms with E-state index in [4.69, 9.17) is 4.74 Å². The van der Waals surface area contributed by atoms with E-state index in [9.17, 15) is 13.2 Å². The average molecular weight is 371 g/mol. The first-order chi connectivity index (χ1) is 12.5. The van der Waals surface area contributed by atoms with Gasteiger partial charge in [-0.2, -0.15) is 0 Å². The van der Waals surface area contributed by atoms with Crippen LogP contribution in [0.4, 0.5) is 0 Å². The summed E-state index contributed by atoms with van der Waals surface area (Å²) in [6, 6.07) is 13.2. The molecule has 6 nitrogen and oxygen atoms in total. The monoisotopic (exact) mass is 371 g/mol. The smallest absolute Gasteiger partial charge is 0.330 e. The van der Waals surface area contributed by atoms with Gasteiger partial charge in [0.15, 0.2) is 0 Å². The van der Waals surface area contributed by atoms with Crippen LogP contribution < -0.4 is 4.74 Å². The van der Waals surface area contributed by atoms with Crippen LogP contribution in [0.1, 0.15) is 5.56 Å². The van der Waals surface area contributed by atoms with Crippen molar-refractivity contribution in [3.05, 3.63) is 66.4 Å². The quantitative estimate of drug-likeness (QED) is 0.509. The molecule has 0 spiro atoms. The summed E-state index contributed by atoms with van der Waals surface area (Å²) in [4.78, 5) is 11.4. The largest absolute Gasteiger partial charge is 0.497 e. The zero-order valence-electron chi connectivity index (χ0n) is 14.2. The lowest BCUT2D eigenvalue weighted by molar-refractivity contribution is -0.134. The third-order valence-electron chi connectivity index (χ3n) is 3.91. The molecular weight excluding hydrogens is 354 g/mol. The van der Waals surface area contributed by atoms with Crippen LogP contribution in [-0.2, 0) is 19.6 Å². The summed E-state index contributed by atoms with van der Waals surface area (Å²) in [5.41, 5.74) is 1.32. The number of ether oxygens (including phenoxy) is 2. The Morgan fingerprint density at radius 3 is 2.42 bits per heavy atom. The summed E-state index contributed by atoms with van der Waals surface area (Å²) in [6.07, 6.45) is 4.44. The Kier molecular flexibility index (Phi) is 4.81. The number of esters is 1. The van der Waals surface area contributed by atoms with Gasteiger partial charge in [0.25, 0.3) is 10.0 Å². The molecule has 0 saturated heterocycles. The van der Waals surface area contributed by atoms with Crippen molar-refractivity contribution in [1.82, 2.24) is 3.97 Å². The maximum absolute atomic E-state index is 12.9. The summed E-state index contributed by atoms with van der Waals surface area (Å²) in [5, 5.41) is 0.745. The Labute approximate surface area is 151 Å². The van der Waals surface area contributed by atoms with Crippen LogP contribution in [0.25, 0.3) is 17.0 Å². The minimum Gasteiger partial charge on any atom is -0.497 e. The van der Waals surface area contributed by atoms with Gasteiger partial charge in [-0.25, -0.2) is 17.2 Å². The first-order valence-corrected chi connectivity index (χ1v) is 9.16. The number of nitrogens with zero attached hydrogens (tertiary/aromatic N) is 1. The molecule has 0 N–H and O–H groups in total. The number of hydrogen-bond donors (Lipinski definition) is 0. The fourth-order valence-corrected chi connectivity index (χ4v) is 3.90. The highest BCUT2D eigenvalue weighted by Gasteiger charge is 2.18. The maximum atomic E-state index is 12.9. The SMILES string of the molecule is COC(=O)/C=C/c1ccc2c(ccn2S(=O)(=O)c2ccc(OC)cc2)c1. The number of rotatable bonds is 5. The van der Waals surface area contributed by atoms with Gasteiger partial charge in [0.2, 0.25) is 0 Å². The summed E-state index contributed by atoms with van der Waals surface area (Å²) < 4.78 is 36.6. The first-order valence-electron chi connectivity index (χ1n) is 7.72. The van der Waals surface area contributed by atoms with Crippen LogP contribution in [0.2, 0.25) is 0 Å². The van der Waals surface area contributed by atoms with Crippen molar-refractivity contribution in [3.8, 4) is 5.75 Å². The molecule has 0 aliphatic carbocycles. The highest BCUT2D eigenvalue weighted by molar-refractivity contribution is 7.90. The van der Waals surface area contributed by atoms with Crippen molar-refractivity contribution in [3.63, 3.8) is 0 Å². The number of carbonyl (C=O) groups is 1. The highest BCUT2D eigenvalue weighted by atomic mass is 32.2. The molecule has 0 aliphatic rings. The topological polar surface area (TPSA) is 74.6 Å². The van der Waals surface area contributed by atoms with E-state index in [1.165, 1.54) is 42.6 Å². The van der Waals surface area contributed by atoms with Crippen LogP contribution in [0.3, 0.4) is 0 Å². The molecule has 7 heteroatoms. The van der Waals surface area contributed by atoms with Crippen LogP contribution in [-0.4, -0.2) is 32.6 Å². The molecule has 1 heterocycles. The minimum absolute atomic E-state index is 0.172. The minimum atomic E-state index is -3.72. The first kappa shape index (κ1) is 17.8. The van der Waals surface area contributed by atoms with E-state index in [0.717, 1.165) is 10.9 Å². The van der Waals surface area contributed by atoms with Gasteiger partial charge in [-0.15, -0.1) is 0 Å². The number of hydrogen-bond acceptors (Lipinski definition) is 5. The van der Waals surface area contributed by atoms with Crippen molar-refractivity contribution in [2.24, 2.45) is 0 Å². The molecule has 1 aromatic heterocycles. The van der Waals surface area contributed by atoms with Gasteiger partial charge in [-0.1, -0.05) is 6.07 Å². The van der Waals surface area contributed by atoms with Gasteiger partial charge in [0.1, 0.15) is 5.75 Å².